The molecule has 1 atom stereocenters. The van der Waals surface area contributed by atoms with Crippen LogP contribution in [-0.2, 0) is 4.57 Å². The Balaban J connectivity index is 1.87. The summed E-state index contributed by atoms with van der Waals surface area (Å²) in [6, 6.07) is 27.6. The van der Waals surface area contributed by atoms with Crippen LogP contribution in [0.15, 0.2) is 91.0 Å². The van der Waals surface area contributed by atoms with Crippen molar-refractivity contribution in [2.75, 3.05) is 5.32 Å². The predicted molar refractivity (Wildman–Crippen MR) is 126 cm³/mol. The summed E-state index contributed by atoms with van der Waals surface area (Å²) in [6.07, 6.45) is 0. The van der Waals surface area contributed by atoms with Crippen molar-refractivity contribution in [1.82, 2.24) is 5.32 Å². The molecule has 0 spiro atoms. The fourth-order valence-electron chi connectivity index (χ4n) is 2.82. The summed E-state index contributed by atoms with van der Waals surface area (Å²) >= 11 is 5.48. The first-order valence-electron chi connectivity index (χ1n) is 9.68. The minimum absolute atomic E-state index is 0.0984. The molecule has 0 bridgehead atoms. The fraction of sp³-hybridized carbons (Fsp3) is 0.174. The van der Waals surface area contributed by atoms with E-state index in [0.29, 0.717) is 16.6 Å². The standard InChI is InChI=1S/C23H25N2O3PS/c1-18(2)22(25-23(30)24-19-12-6-3-7-13-19)29(26,27-20-14-8-4-9-15-20)28-21-16-10-5-11-17-21/h3-18,22H,1-2H3,(H2,24,25,30). The smallest absolute Gasteiger partial charge is 0.415 e. The molecular weight excluding hydrogens is 415 g/mol. The number of hydrogen-bond acceptors (Lipinski definition) is 4. The van der Waals surface area contributed by atoms with Crippen LogP contribution in [0.2, 0.25) is 0 Å². The second-order valence-corrected chi connectivity index (χ2v) is 9.41. The molecule has 3 rings (SSSR count). The van der Waals surface area contributed by atoms with Crippen LogP contribution in [0.4, 0.5) is 5.69 Å². The maximum Gasteiger partial charge on any atom is 0.453 e. The monoisotopic (exact) mass is 440 g/mol. The van der Waals surface area contributed by atoms with Crippen LogP contribution in [0, 0.1) is 5.92 Å². The Labute approximate surface area is 183 Å². The molecule has 0 aliphatic heterocycles. The summed E-state index contributed by atoms with van der Waals surface area (Å²) in [5.41, 5.74) is 0.834. The lowest BCUT2D eigenvalue weighted by Gasteiger charge is -2.31. The first-order chi connectivity index (χ1) is 14.5. The SMILES string of the molecule is CC(C)C(NC(=S)Nc1ccccc1)P(=O)(Oc1ccccc1)Oc1ccccc1. The second kappa shape index (κ2) is 10.3. The van der Waals surface area contributed by atoms with Crippen molar-refractivity contribution in [3.63, 3.8) is 0 Å². The maximum absolute atomic E-state index is 14.1. The van der Waals surface area contributed by atoms with E-state index in [9.17, 15) is 4.57 Å². The van der Waals surface area contributed by atoms with Gasteiger partial charge in [0.2, 0.25) is 0 Å². The Hall–Kier alpha value is -2.82. The van der Waals surface area contributed by atoms with Crippen LogP contribution < -0.4 is 19.7 Å². The Kier molecular flexibility index (Phi) is 7.50. The molecule has 0 aromatic heterocycles. The Morgan fingerprint density at radius 3 is 1.67 bits per heavy atom. The molecular formula is C23H25N2O3PS. The molecule has 0 fully saturated rings. The number of thiocarbonyl (C=S) groups is 1. The molecule has 156 valence electrons. The van der Waals surface area contributed by atoms with E-state index < -0.39 is 13.4 Å². The third-order valence-electron chi connectivity index (χ3n) is 4.23. The van der Waals surface area contributed by atoms with E-state index in [1.54, 1.807) is 24.3 Å². The molecule has 0 saturated heterocycles. The van der Waals surface area contributed by atoms with E-state index in [1.807, 2.05) is 80.6 Å². The molecule has 7 heteroatoms. The summed E-state index contributed by atoms with van der Waals surface area (Å²) < 4.78 is 26.0. The van der Waals surface area contributed by atoms with Crippen LogP contribution >= 0.6 is 19.8 Å². The highest BCUT2D eigenvalue weighted by Crippen LogP contribution is 2.54. The molecule has 3 aromatic carbocycles. The first-order valence-corrected chi connectivity index (χ1v) is 11.7. The number of para-hydroxylation sites is 3. The van der Waals surface area contributed by atoms with Gasteiger partial charge in [-0.05, 0) is 54.5 Å². The Morgan fingerprint density at radius 2 is 1.23 bits per heavy atom. The van der Waals surface area contributed by atoms with Crippen molar-refractivity contribution in [1.29, 1.82) is 0 Å². The van der Waals surface area contributed by atoms with E-state index in [-0.39, 0.29) is 5.92 Å². The lowest BCUT2D eigenvalue weighted by molar-refractivity contribution is 0.349. The van der Waals surface area contributed by atoms with Gasteiger partial charge in [-0.3, -0.25) is 0 Å². The molecule has 0 saturated carbocycles. The molecule has 0 aliphatic rings. The summed E-state index contributed by atoms with van der Waals surface area (Å²) in [5.74, 6) is 0.151. The molecule has 0 heterocycles. The molecule has 1 unspecified atom stereocenters. The van der Waals surface area contributed by atoms with Crippen molar-refractivity contribution in [2.45, 2.75) is 19.6 Å². The highest BCUT2D eigenvalue weighted by molar-refractivity contribution is 7.80. The molecule has 2 N–H and O–H groups in total. The van der Waals surface area contributed by atoms with Gasteiger partial charge in [0.1, 0.15) is 11.5 Å². The van der Waals surface area contributed by atoms with Crippen LogP contribution in [0.3, 0.4) is 0 Å². The van der Waals surface area contributed by atoms with Gasteiger partial charge in [-0.1, -0.05) is 68.4 Å². The molecule has 0 amide bonds. The molecule has 0 radical (unpaired) electrons. The normalized spacial score (nSPS) is 12.1. The quantitative estimate of drug-likeness (QED) is 0.316. The minimum atomic E-state index is -3.73. The molecule has 5 nitrogen and oxygen atoms in total. The van der Waals surface area contributed by atoms with Gasteiger partial charge in [-0.25, -0.2) is 4.57 Å². The first kappa shape index (κ1) is 21.9. The van der Waals surface area contributed by atoms with Crippen molar-refractivity contribution in [3.8, 4) is 11.5 Å². The van der Waals surface area contributed by atoms with Crippen LogP contribution in [0.5, 0.6) is 11.5 Å². The largest absolute Gasteiger partial charge is 0.453 e. The van der Waals surface area contributed by atoms with Crippen molar-refractivity contribution in [3.05, 3.63) is 91.0 Å². The zero-order chi connectivity index (χ0) is 21.4. The van der Waals surface area contributed by atoms with Gasteiger partial charge in [-0.15, -0.1) is 0 Å². The van der Waals surface area contributed by atoms with E-state index in [4.69, 9.17) is 21.3 Å². The van der Waals surface area contributed by atoms with Crippen molar-refractivity contribution in [2.24, 2.45) is 5.92 Å². The summed E-state index contributed by atoms with van der Waals surface area (Å²) in [6.45, 7) is 3.89. The van der Waals surface area contributed by atoms with Gasteiger partial charge in [-0.2, -0.15) is 0 Å². The van der Waals surface area contributed by atoms with Gasteiger partial charge in [0.15, 0.2) is 10.9 Å². The van der Waals surface area contributed by atoms with Crippen molar-refractivity contribution < 1.29 is 13.6 Å². The number of hydrogen-bond donors (Lipinski definition) is 2. The lowest BCUT2D eigenvalue weighted by atomic mass is 10.2. The number of nitrogens with one attached hydrogen (secondary N) is 2. The number of anilines is 1. The minimum Gasteiger partial charge on any atom is -0.415 e. The Bertz CT molecular complexity index is 940. The Morgan fingerprint density at radius 1 is 0.800 bits per heavy atom. The summed E-state index contributed by atoms with van der Waals surface area (Å²) in [5, 5.41) is 6.61. The van der Waals surface area contributed by atoms with E-state index >= 15 is 0 Å². The van der Waals surface area contributed by atoms with E-state index in [2.05, 4.69) is 10.6 Å². The third-order valence-corrected chi connectivity index (χ3v) is 6.79. The molecule has 30 heavy (non-hydrogen) atoms. The van der Waals surface area contributed by atoms with Gasteiger partial charge in [0.25, 0.3) is 0 Å². The average molecular weight is 441 g/mol. The van der Waals surface area contributed by atoms with E-state index in [0.717, 1.165) is 5.69 Å². The highest BCUT2D eigenvalue weighted by Gasteiger charge is 2.42. The van der Waals surface area contributed by atoms with E-state index in [1.165, 1.54) is 0 Å². The predicted octanol–water partition coefficient (Wildman–Crippen LogP) is 6.31. The lowest BCUT2D eigenvalue weighted by Crippen LogP contribution is -2.42. The van der Waals surface area contributed by atoms with Crippen LogP contribution in [0.1, 0.15) is 13.8 Å². The zero-order valence-corrected chi connectivity index (χ0v) is 18.6. The fourth-order valence-corrected chi connectivity index (χ4v) is 5.27. The van der Waals surface area contributed by atoms with Crippen molar-refractivity contribution >= 4 is 30.6 Å². The average Bonchev–Trinajstić information content (AvgIpc) is 2.74. The molecule has 3 aromatic rings. The third kappa shape index (κ3) is 6.09. The number of benzene rings is 3. The summed E-state index contributed by atoms with van der Waals surface area (Å²) in [7, 11) is -3.73. The van der Waals surface area contributed by atoms with Gasteiger partial charge in [0.05, 0.1) is 0 Å². The maximum atomic E-state index is 14.1. The van der Waals surface area contributed by atoms with Crippen LogP contribution in [-0.4, -0.2) is 10.9 Å². The number of rotatable bonds is 8. The zero-order valence-electron chi connectivity index (χ0n) is 16.9. The topological polar surface area (TPSA) is 59.6 Å². The van der Waals surface area contributed by atoms with Crippen LogP contribution in [0.25, 0.3) is 0 Å². The second-order valence-electron chi connectivity index (χ2n) is 7.00. The highest BCUT2D eigenvalue weighted by atomic mass is 32.1. The summed E-state index contributed by atoms with van der Waals surface area (Å²) in [4.78, 5) is 0. The van der Waals surface area contributed by atoms with Gasteiger partial charge < -0.3 is 19.7 Å². The molecule has 0 aliphatic carbocycles. The van der Waals surface area contributed by atoms with Gasteiger partial charge in [0, 0.05) is 5.69 Å². The van der Waals surface area contributed by atoms with Gasteiger partial charge >= 0.3 is 7.60 Å².